The number of benzene rings is 1. The largest absolute Gasteiger partial charge is 0.497 e. The first-order valence-electron chi connectivity index (χ1n) is 17.1. The van der Waals surface area contributed by atoms with Gasteiger partial charge in [-0.1, -0.05) is 12.1 Å². The molecule has 0 spiro atoms. The molecule has 1 aromatic carbocycles. The van der Waals surface area contributed by atoms with Gasteiger partial charge in [-0.2, -0.15) is 0 Å². The third-order valence-corrected chi connectivity index (χ3v) is 10.0. The minimum Gasteiger partial charge on any atom is -0.497 e. The summed E-state index contributed by atoms with van der Waals surface area (Å²) < 4.78 is 57.9. The Balaban J connectivity index is 1.23. The van der Waals surface area contributed by atoms with E-state index >= 15 is 0 Å². The summed E-state index contributed by atoms with van der Waals surface area (Å²) in [5.74, 6) is -3.15. The van der Waals surface area contributed by atoms with Gasteiger partial charge in [0.1, 0.15) is 41.9 Å². The highest BCUT2D eigenvalue weighted by Gasteiger charge is 2.77. The van der Waals surface area contributed by atoms with Gasteiger partial charge in [-0.05, 0) is 36.8 Å². The number of aliphatic hydroxyl groups is 5. The van der Waals surface area contributed by atoms with Crippen molar-refractivity contribution in [1.29, 1.82) is 0 Å². The molecule has 292 valence electrons. The molecule has 1 aromatic rings. The maximum absolute atomic E-state index is 13.2. The molecular formula is C35H44O18. The van der Waals surface area contributed by atoms with Crippen molar-refractivity contribution in [2.75, 3.05) is 20.3 Å². The van der Waals surface area contributed by atoms with Crippen LogP contribution in [0.15, 0.2) is 42.7 Å². The monoisotopic (exact) mass is 752 g/mol. The van der Waals surface area contributed by atoms with E-state index in [1.807, 2.05) is 0 Å². The number of rotatable bonds is 12. The highest BCUT2D eigenvalue weighted by Crippen LogP contribution is 2.61. The number of aliphatic hydroxyl groups excluding tert-OH is 5. The zero-order chi connectivity index (χ0) is 38.2. The van der Waals surface area contributed by atoms with Crippen LogP contribution in [0.5, 0.6) is 5.75 Å². The first-order valence-corrected chi connectivity index (χ1v) is 17.1. The molecule has 16 atom stereocenters. The summed E-state index contributed by atoms with van der Waals surface area (Å²) in [5.41, 5.74) is -0.627. The number of fused-ring (bicyclic) bond motifs is 3. The van der Waals surface area contributed by atoms with Crippen LogP contribution in [0.3, 0.4) is 0 Å². The zero-order valence-corrected chi connectivity index (χ0v) is 29.2. The van der Waals surface area contributed by atoms with Crippen LogP contribution < -0.4 is 4.74 Å². The van der Waals surface area contributed by atoms with E-state index in [9.17, 15) is 39.9 Å². The van der Waals surface area contributed by atoms with Gasteiger partial charge in [0.25, 0.3) is 0 Å². The van der Waals surface area contributed by atoms with Crippen LogP contribution in [0.25, 0.3) is 6.08 Å². The van der Waals surface area contributed by atoms with E-state index in [2.05, 4.69) is 0 Å². The average Bonchev–Trinajstić information content (AvgIpc) is 3.81. The van der Waals surface area contributed by atoms with Gasteiger partial charge in [0.15, 0.2) is 30.9 Å². The standard InChI is InChI=1S/C35H44O18/c1-15-27(47-16(2)38)29(50-22(40)10-7-18-5-8-19(44-4)9-6-18)30(48-17(3)39)34(46-15)51-28-20-11-12-45-32(23(20)35(14-37)31(28)53-35)52-33-26(43)25(42)24(41)21(13-36)49-33/h5-12,15,20-21,23-34,36-37,41-43H,13-14H2,1-4H3. The van der Waals surface area contributed by atoms with Crippen molar-refractivity contribution in [3.63, 3.8) is 0 Å². The Hall–Kier alpha value is -3.69. The van der Waals surface area contributed by atoms with Gasteiger partial charge < -0.3 is 72.9 Å². The van der Waals surface area contributed by atoms with Gasteiger partial charge in [-0.25, -0.2) is 4.79 Å². The minimum atomic E-state index is -1.73. The number of methoxy groups -OCH3 is 1. The van der Waals surface area contributed by atoms with Crippen molar-refractivity contribution in [3.8, 4) is 5.75 Å². The van der Waals surface area contributed by atoms with Crippen molar-refractivity contribution in [1.82, 2.24) is 0 Å². The summed E-state index contributed by atoms with van der Waals surface area (Å²) >= 11 is 0. The molecule has 4 aliphatic heterocycles. The Morgan fingerprint density at radius 1 is 0.830 bits per heavy atom. The topological polar surface area (TPSA) is 248 Å². The molecule has 18 nitrogen and oxygen atoms in total. The molecule has 4 heterocycles. The molecule has 0 amide bonds. The fourth-order valence-electron chi connectivity index (χ4n) is 7.41. The average molecular weight is 753 g/mol. The number of carbonyl (C=O) groups is 3. The van der Waals surface area contributed by atoms with Crippen LogP contribution in [0.4, 0.5) is 0 Å². The van der Waals surface area contributed by atoms with E-state index in [0.29, 0.717) is 11.3 Å². The first kappa shape index (κ1) is 39.0. The Bertz CT molecular complexity index is 1530. The predicted octanol–water partition coefficient (Wildman–Crippen LogP) is -1.32. The fraction of sp³-hybridized carbons (Fsp3) is 0.629. The maximum Gasteiger partial charge on any atom is 0.331 e. The Morgan fingerprint density at radius 3 is 2.17 bits per heavy atom. The highest BCUT2D eigenvalue weighted by molar-refractivity contribution is 5.87. The molecule has 1 saturated carbocycles. The Labute approximate surface area is 303 Å². The highest BCUT2D eigenvalue weighted by atomic mass is 16.8. The molecule has 0 aromatic heterocycles. The van der Waals surface area contributed by atoms with E-state index in [0.717, 1.165) is 19.9 Å². The number of hydrogen-bond acceptors (Lipinski definition) is 18. The van der Waals surface area contributed by atoms with E-state index in [1.165, 1.54) is 19.4 Å². The lowest BCUT2D eigenvalue weighted by Gasteiger charge is -2.45. The van der Waals surface area contributed by atoms with Crippen LogP contribution in [0.1, 0.15) is 26.3 Å². The number of hydrogen-bond donors (Lipinski definition) is 5. The SMILES string of the molecule is COc1ccc(C=CC(=O)OC2C(OC(C)=O)C(C)OC(OC3C4C=COC(OC5OC(CO)C(O)C(O)C5O)C4C4(CO)OC34)C2OC(C)=O)cc1. The van der Waals surface area contributed by atoms with Gasteiger partial charge in [-0.3, -0.25) is 9.59 Å². The third-order valence-electron chi connectivity index (χ3n) is 10.0. The molecular weight excluding hydrogens is 708 g/mol. The first-order chi connectivity index (χ1) is 25.3. The van der Waals surface area contributed by atoms with E-state index in [-0.39, 0.29) is 0 Å². The summed E-state index contributed by atoms with van der Waals surface area (Å²) in [7, 11) is 1.53. The second-order valence-corrected chi connectivity index (χ2v) is 13.4. The smallest absolute Gasteiger partial charge is 0.331 e. The van der Waals surface area contributed by atoms with Crippen molar-refractivity contribution < 1.29 is 87.3 Å². The Morgan fingerprint density at radius 2 is 1.53 bits per heavy atom. The summed E-state index contributed by atoms with van der Waals surface area (Å²) in [4.78, 5) is 37.8. The predicted molar refractivity (Wildman–Crippen MR) is 173 cm³/mol. The lowest BCUT2D eigenvalue weighted by atomic mass is 9.85. The fourth-order valence-corrected chi connectivity index (χ4v) is 7.41. The second kappa shape index (κ2) is 16.0. The van der Waals surface area contributed by atoms with E-state index in [4.69, 9.17) is 47.4 Å². The summed E-state index contributed by atoms with van der Waals surface area (Å²) in [6, 6.07) is 6.86. The van der Waals surface area contributed by atoms with Crippen LogP contribution in [-0.2, 0) is 57.0 Å². The van der Waals surface area contributed by atoms with Gasteiger partial charge in [0.2, 0.25) is 6.29 Å². The van der Waals surface area contributed by atoms with Crippen molar-refractivity contribution in [2.24, 2.45) is 11.8 Å². The van der Waals surface area contributed by atoms with Gasteiger partial charge in [0.05, 0.1) is 44.7 Å². The molecule has 6 rings (SSSR count). The lowest BCUT2D eigenvalue weighted by molar-refractivity contribution is -0.347. The molecule has 4 fully saturated rings. The zero-order valence-electron chi connectivity index (χ0n) is 29.2. The van der Waals surface area contributed by atoms with E-state index < -0.39 is 128 Å². The van der Waals surface area contributed by atoms with E-state index in [1.54, 1.807) is 37.3 Å². The quantitative estimate of drug-likeness (QED) is 0.0719. The Kier molecular flexibility index (Phi) is 11.7. The number of carbonyl (C=O) groups excluding carboxylic acids is 3. The summed E-state index contributed by atoms with van der Waals surface area (Å²) in [6.45, 7) is 2.66. The molecule has 3 saturated heterocycles. The molecule has 53 heavy (non-hydrogen) atoms. The molecule has 18 heteroatoms. The maximum atomic E-state index is 13.2. The van der Waals surface area contributed by atoms with Gasteiger partial charge in [0, 0.05) is 25.8 Å². The summed E-state index contributed by atoms with van der Waals surface area (Å²) in [5, 5.41) is 51.3. The number of esters is 3. The molecule has 16 unspecified atom stereocenters. The lowest BCUT2D eigenvalue weighted by Crippen LogP contribution is -2.62. The normalized spacial score (nSPS) is 41.5. The van der Waals surface area contributed by atoms with Gasteiger partial charge >= 0.3 is 17.9 Å². The summed E-state index contributed by atoms with van der Waals surface area (Å²) in [6.07, 6.45) is -11.7. The number of epoxide rings is 1. The van der Waals surface area contributed by atoms with Gasteiger partial charge in [-0.15, -0.1) is 0 Å². The van der Waals surface area contributed by atoms with Crippen molar-refractivity contribution >= 4 is 24.0 Å². The van der Waals surface area contributed by atoms with Crippen molar-refractivity contribution in [2.45, 2.75) is 106 Å². The second-order valence-electron chi connectivity index (χ2n) is 13.4. The number of ether oxygens (including phenoxy) is 10. The minimum absolute atomic E-state index is 0.519. The van der Waals surface area contributed by atoms with Crippen LogP contribution >= 0.6 is 0 Å². The third kappa shape index (κ3) is 7.79. The molecule has 0 bridgehead atoms. The molecule has 0 radical (unpaired) electrons. The van der Waals surface area contributed by atoms with Crippen LogP contribution in [0.2, 0.25) is 0 Å². The van der Waals surface area contributed by atoms with Crippen molar-refractivity contribution in [3.05, 3.63) is 48.2 Å². The molecule has 5 N–H and O–H groups in total. The molecule has 5 aliphatic rings. The van der Waals surface area contributed by atoms with Crippen LogP contribution in [-0.4, -0.2) is 149 Å². The molecule has 1 aliphatic carbocycles. The van der Waals surface area contributed by atoms with Crippen LogP contribution in [0, 0.1) is 11.8 Å².